The maximum Gasteiger partial charge on any atom is 0.242 e. The lowest BCUT2D eigenvalue weighted by Crippen LogP contribution is -2.34. The van der Waals surface area contributed by atoms with Gasteiger partial charge in [-0.15, -0.1) is 5.10 Å². The number of tetrazole rings is 1. The van der Waals surface area contributed by atoms with E-state index in [1.807, 2.05) is 0 Å². The Morgan fingerprint density at radius 1 is 1.12 bits per heavy atom. The molecule has 6 rings (SSSR count). The predicted molar refractivity (Wildman–Crippen MR) is 195 cm³/mol. The second-order valence-electron chi connectivity index (χ2n) is 13.1. The van der Waals surface area contributed by atoms with Crippen molar-refractivity contribution in [1.82, 2.24) is 40.3 Å². The topological polar surface area (TPSA) is 167 Å². The summed E-state index contributed by atoms with van der Waals surface area (Å²) in [7, 11) is -4.64. The minimum atomic E-state index is -3.55. The second-order valence-corrected chi connectivity index (χ2v) is 18.5. The summed E-state index contributed by atoms with van der Waals surface area (Å²) in [6.07, 6.45) is 3.72. The van der Waals surface area contributed by atoms with Gasteiger partial charge in [0, 0.05) is 40.2 Å². The summed E-state index contributed by atoms with van der Waals surface area (Å²) >= 11 is 6.68. The van der Waals surface area contributed by atoms with Gasteiger partial charge in [0.25, 0.3) is 0 Å². The molecule has 1 fully saturated rings. The molecule has 0 radical (unpaired) electrons. The van der Waals surface area contributed by atoms with Gasteiger partial charge in [0.05, 0.1) is 32.9 Å². The molecule has 1 unspecified atom stereocenters. The van der Waals surface area contributed by atoms with Gasteiger partial charge in [0.15, 0.2) is 15.7 Å². The third kappa shape index (κ3) is 7.93. The molecule has 2 atom stereocenters. The van der Waals surface area contributed by atoms with Crippen LogP contribution in [-0.2, 0) is 44.4 Å². The Morgan fingerprint density at radius 2 is 1.81 bits per heavy atom. The molecule has 52 heavy (non-hydrogen) atoms. The van der Waals surface area contributed by atoms with Crippen molar-refractivity contribution >= 4 is 59.6 Å². The fourth-order valence-electron chi connectivity index (χ4n) is 5.81. The third-order valence-electron chi connectivity index (χ3n) is 8.36. The first-order chi connectivity index (χ1) is 24.4. The first-order valence-corrected chi connectivity index (χ1v) is 20.0. The highest BCUT2D eigenvalue weighted by atomic mass is 35.5. The minimum Gasteiger partial charge on any atom is -0.346 e. The van der Waals surface area contributed by atoms with Crippen LogP contribution in [0, 0.1) is 23.5 Å². The zero-order chi connectivity index (χ0) is 37.6. The molecule has 0 spiro atoms. The number of carbonyl (C=O) groups excluding carboxylic acids is 1. The van der Waals surface area contributed by atoms with E-state index in [1.54, 1.807) is 49.8 Å². The number of aromatic nitrogens is 7. The van der Waals surface area contributed by atoms with Crippen molar-refractivity contribution in [3.63, 3.8) is 0 Å². The molecule has 3 aromatic heterocycles. The van der Waals surface area contributed by atoms with E-state index in [2.05, 4.69) is 48.4 Å². The van der Waals surface area contributed by atoms with Crippen molar-refractivity contribution in [1.29, 1.82) is 0 Å². The van der Waals surface area contributed by atoms with E-state index in [-0.39, 0.29) is 35.7 Å². The molecular formula is C34H34ClF2N9O4S2. The molecule has 2 aromatic carbocycles. The molecule has 0 saturated heterocycles. The number of anilines is 1. The van der Waals surface area contributed by atoms with Gasteiger partial charge in [-0.3, -0.25) is 14.2 Å². The number of hydrogen-bond acceptors (Lipinski definition) is 9. The molecule has 1 saturated carbocycles. The van der Waals surface area contributed by atoms with E-state index in [9.17, 15) is 26.2 Å². The summed E-state index contributed by atoms with van der Waals surface area (Å²) < 4.78 is 72.0. The maximum absolute atomic E-state index is 14.5. The largest absolute Gasteiger partial charge is 0.346 e. The van der Waals surface area contributed by atoms with Gasteiger partial charge in [0.1, 0.15) is 34.9 Å². The Bertz CT molecular complexity index is 2470. The number of fused-ring (bicyclic) bond motifs is 1. The SMILES string of the molecule is C=S(C)(=O)Nc1nn(C)c2c(-c3ccc(C#CC(C)(C)S(=O)(=O)C4CC4)nc3[C@H](Cc3cc(F)cc(F)c3)NC(=O)Cn3cnnn3)ccc(Cl)c12. The van der Waals surface area contributed by atoms with Crippen LogP contribution in [0.25, 0.3) is 22.0 Å². The summed E-state index contributed by atoms with van der Waals surface area (Å²) in [6.45, 7) is 2.80. The number of hydrogen-bond donors (Lipinski definition) is 2. The average molecular weight is 770 g/mol. The van der Waals surface area contributed by atoms with E-state index in [4.69, 9.17) is 16.6 Å². The number of aryl methyl sites for hydroxylation is 1. The Hall–Kier alpha value is -4.92. The molecule has 2 N–H and O–H groups in total. The molecule has 0 aliphatic heterocycles. The second kappa shape index (κ2) is 13.9. The van der Waals surface area contributed by atoms with Crippen LogP contribution in [0.1, 0.15) is 49.7 Å². The molecule has 3 heterocycles. The number of benzene rings is 2. The van der Waals surface area contributed by atoms with Gasteiger partial charge in [-0.05, 0) is 91.2 Å². The van der Waals surface area contributed by atoms with Crippen LogP contribution >= 0.6 is 11.6 Å². The van der Waals surface area contributed by atoms with Crippen LogP contribution in [0.3, 0.4) is 0 Å². The molecule has 1 aliphatic carbocycles. The fourth-order valence-corrected chi connectivity index (χ4v) is 8.39. The minimum absolute atomic E-state index is 0.122. The summed E-state index contributed by atoms with van der Waals surface area (Å²) in [4.78, 5) is 18.3. The lowest BCUT2D eigenvalue weighted by Gasteiger charge is -2.23. The first-order valence-electron chi connectivity index (χ1n) is 15.9. The zero-order valence-corrected chi connectivity index (χ0v) is 30.9. The van der Waals surface area contributed by atoms with Gasteiger partial charge in [0.2, 0.25) is 5.91 Å². The van der Waals surface area contributed by atoms with Crippen LogP contribution < -0.4 is 10.0 Å². The van der Waals surface area contributed by atoms with Crippen molar-refractivity contribution in [2.75, 3.05) is 11.0 Å². The lowest BCUT2D eigenvalue weighted by molar-refractivity contribution is -0.122. The zero-order valence-electron chi connectivity index (χ0n) is 28.5. The maximum atomic E-state index is 14.5. The lowest BCUT2D eigenvalue weighted by atomic mass is 9.93. The van der Waals surface area contributed by atoms with Crippen molar-refractivity contribution in [3.05, 3.63) is 82.4 Å². The average Bonchev–Trinajstić information content (AvgIpc) is 3.71. The number of nitrogens with one attached hydrogen (secondary N) is 2. The number of halogens is 3. The van der Waals surface area contributed by atoms with E-state index >= 15 is 0 Å². The number of sulfone groups is 1. The number of rotatable bonds is 11. The first kappa shape index (κ1) is 36.9. The number of carbonyl (C=O) groups is 1. The van der Waals surface area contributed by atoms with E-state index in [0.717, 1.165) is 18.2 Å². The number of amides is 1. The molecule has 1 amide bonds. The summed E-state index contributed by atoms with van der Waals surface area (Å²) in [5.41, 5.74) is 2.14. The van der Waals surface area contributed by atoms with Gasteiger partial charge < -0.3 is 5.32 Å². The van der Waals surface area contributed by atoms with E-state index in [1.165, 1.54) is 17.3 Å². The highest BCUT2D eigenvalue weighted by Gasteiger charge is 2.45. The summed E-state index contributed by atoms with van der Waals surface area (Å²) in [5.74, 6) is 7.52. The van der Waals surface area contributed by atoms with Crippen molar-refractivity contribution in [2.45, 2.75) is 55.7 Å². The monoisotopic (exact) mass is 769 g/mol. The van der Waals surface area contributed by atoms with E-state index in [0.29, 0.717) is 39.9 Å². The van der Waals surface area contributed by atoms with Crippen LogP contribution in [-0.4, -0.2) is 75.6 Å². The number of nitrogens with zero attached hydrogens (tertiary/aromatic N) is 7. The molecular weight excluding hydrogens is 736 g/mol. The molecule has 0 bridgehead atoms. The van der Waals surface area contributed by atoms with Crippen molar-refractivity contribution in [3.8, 4) is 23.0 Å². The molecule has 13 nitrogen and oxygen atoms in total. The van der Waals surface area contributed by atoms with Crippen LogP contribution in [0.15, 0.2) is 48.8 Å². The van der Waals surface area contributed by atoms with E-state index < -0.39 is 53.1 Å². The Balaban J connectivity index is 1.55. The molecule has 18 heteroatoms. The van der Waals surface area contributed by atoms with Crippen LogP contribution in [0.5, 0.6) is 0 Å². The Kier molecular flexibility index (Phi) is 9.85. The molecule has 1 aliphatic rings. The highest BCUT2D eigenvalue weighted by Crippen LogP contribution is 2.40. The van der Waals surface area contributed by atoms with Crippen LogP contribution in [0.2, 0.25) is 5.02 Å². The van der Waals surface area contributed by atoms with Crippen molar-refractivity contribution in [2.24, 2.45) is 7.05 Å². The highest BCUT2D eigenvalue weighted by molar-refractivity contribution is 8.00. The van der Waals surface area contributed by atoms with Gasteiger partial charge in [-0.1, -0.05) is 23.6 Å². The van der Waals surface area contributed by atoms with Crippen LogP contribution in [0.4, 0.5) is 14.6 Å². The smallest absolute Gasteiger partial charge is 0.242 e. The summed E-state index contributed by atoms with van der Waals surface area (Å²) in [6, 6.07) is 8.68. The van der Waals surface area contributed by atoms with Gasteiger partial charge in [-0.25, -0.2) is 31.1 Å². The standard InChI is InChI=1S/C34H34ClF2N9O4S2/c1-34(2,52(49,50)24-7-8-24)13-12-23-6-9-25(26-10-11-27(35)30-32(26)45(3)41-33(30)42-51(4,5)48)31(39-23)28(16-20-14-21(36)17-22(37)15-20)40-29(47)18-46-19-38-43-44-46/h6,9-11,14-15,17,19,24,28H,4,7-8,16,18H2,1-3,5H3,(H,40,47)(H,41,42,48)/t28-,51?/m0/s1. The van der Waals surface area contributed by atoms with Gasteiger partial charge >= 0.3 is 0 Å². The molecule has 272 valence electrons. The quantitative estimate of drug-likeness (QED) is 0.149. The third-order valence-corrected chi connectivity index (χ3v) is 12.2. The number of pyridine rings is 1. The molecule has 5 aromatic rings. The fraction of sp³-hybridized carbons (Fsp3) is 0.324. The van der Waals surface area contributed by atoms with Crippen molar-refractivity contribution < 1.29 is 26.2 Å². The predicted octanol–water partition coefficient (Wildman–Crippen LogP) is 4.03. The summed E-state index contributed by atoms with van der Waals surface area (Å²) in [5, 5.41) is 18.6. The normalized spacial score (nSPS) is 15.1. The Labute approximate surface area is 304 Å². The van der Waals surface area contributed by atoms with Gasteiger partial charge in [-0.2, -0.15) is 5.10 Å². The Morgan fingerprint density at radius 3 is 2.44 bits per heavy atom.